The fourth-order valence-corrected chi connectivity index (χ4v) is 1.17. The quantitative estimate of drug-likeness (QED) is 0.443. The molecule has 1 rings (SSSR count). The number of thiol groups is 1. The fraction of sp³-hybridized carbons (Fsp3) is 1.00. The van der Waals surface area contributed by atoms with Crippen LogP contribution in [0.3, 0.4) is 0 Å². The maximum Gasteiger partial charge on any atom is 0.0935 e. The molecule has 9 heavy (non-hydrogen) atoms. The minimum absolute atomic E-state index is 0.0992. The van der Waals surface area contributed by atoms with Gasteiger partial charge in [0, 0.05) is 12.6 Å². The summed E-state index contributed by atoms with van der Waals surface area (Å²) in [6.45, 7) is 1.15. The van der Waals surface area contributed by atoms with E-state index in [2.05, 4.69) is 17.5 Å². The molecule has 0 bridgehead atoms. The Morgan fingerprint density at radius 3 is 2.89 bits per heavy atom. The smallest absolute Gasteiger partial charge is 0.0935 e. The molecule has 1 aliphatic rings. The van der Waals surface area contributed by atoms with E-state index in [-0.39, 0.29) is 6.04 Å². The lowest BCUT2D eigenvalue weighted by molar-refractivity contribution is -0.0214. The lowest BCUT2D eigenvalue weighted by Crippen LogP contribution is -2.42. The van der Waals surface area contributed by atoms with Gasteiger partial charge in [0.05, 0.1) is 12.7 Å². The molecule has 0 aromatic rings. The molecule has 0 aromatic carbocycles. The standard InChI is InChI=1S/C5H11NO2S/c7-5-3-8-2-1-4(5)6-9/h4-7,9H,1-3H2. The van der Waals surface area contributed by atoms with E-state index in [0.717, 1.165) is 13.0 Å². The third kappa shape index (κ3) is 1.82. The predicted molar refractivity (Wildman–Crippen MR) is 37.4 cm³/mol. The molecule has 0 aliphatic carbocycles. The molecular formula is C5H11NO2S. The van der Waals surface area contributed by atoms with Gasteiger partial charge in [0.2, 0.25) is 0 Å². The number of aliphatic hydroxyl groups excluding tert-OH is 1. The Bertz CT molecular complexity index is 91.0. The van der Waals surface area contributed by atoms with Crippen LogP contribution in [0.25, 0.3) is 0 Å². The Labute approximate surface area is 59.9 Å². The summed E-state index contributed by atoms with van der Waals surface area (Å²) in [6.07, 6.45) is 0.446. The van der Waals surface area contributed by atoms with Crippen LogP contribution in [0.2, 0.25) is 0 Å². The molecule has 1 aliphatic heterocycles. The second kappa shape index (κ2) is 3.41. The van der Waals surface area contributed by atoms with E-state index in [4.69, 9.17) is 9.84 Å². The SMILES string of the molecule is OC1COCCC1NS. The summed E-state index contributed by atoms with van der Waals surface area (Å²) in [5, 5.41) is 9.13. The Morgan fingerprint density at radius 1 is 1.67 bits per heavy atom. The van der Waals surface area contributed by atoms with Crippen LogP contribution in [0.4, 0.5) is 0 Å². The molecule has 54 valence electrons. The zero-order chi connectivity index (χ0) is 6.69. The molecular weight excluding hydrogens is 138 g/mol. The summed E-state index contributed by atoms with van der Waals surface area (Å²) in [6, 6.07) is 0.0992. The highest BCUT2D eigenvalue weighted by Gasteiger charge is 2.21. The molecule has 0 radical (unpaired) electrons. The molecule has 0 amide bonds. The average molecular weight is 149 g/mol. The fourth-order valence-electron chi connectivity index (χ4n) is 0.874. The number of aliphatic hydroxyl groups is 1. The van der Waals surface area contributed by atoms with Crippen LogP contribution < -0.4 is 4.72 Å². The van der Waals surface area contributed by atoms with Gasteiger partial charge in [-0.1, -0.05) is 12.8 Å². The van der Waals surface area contributed by atoms with Gasteiger partial charge in [-0.15, -0.1) is 0 Å². The van der Waals surface area contributed by atoms with E-state index in [1.165, 1.54) is 0 Å². The first-order valence-corrected chi connectivity index (χ1v) is 3.44. The minimum atomic E-state index is -0.392. The number of nitrogens with one attached hydrogen (secondary N) is 1. The normalized spacial score (nSPS) is 36.7. The van der Waals surface area contributed by atoms with Crippen molar-refractivity contribution in [1.29, 1.82) is 0 Å². The Balaban J connectivity index is 2.30. The maximum absolute atomic E-state index is 9.13. The van der Waals surface area contributed by atoms with Crippen molar-refractivity contribution in [3.05, 3.63) is 0 Å². The molecule has 0 saturated carbocycles. The Morgan fingerprint density at radius 2 is 2.44 bits per heavy atom. The highest BCUT2D eigenvalue weighted by Crippen LogP contribution is 2.07. The lowest BCUT2D eigenvalue weighted by atomic mass is 10.1. The molecule has 3 nitrogen and oxygen atoms in total. The minimum Gasteiger partial charge on any atom is -0.389 e. The van der Waals surface area contributed by atoms with Crippen LogP contribution in [0, 0.1) is 0 Å². The highest BCUT2D eigenvalue weighted by atomic mass is 32.1. The van der Waals surface area contributed by atoms with Gasteiger partial charge in [-0.2, -0.15) is 0 Å². The van der Waals surface area contributed by atoms with Crippen molar-refractivity contribution in [3.8, 4) is 0 Å². The van der Waals surface area contributed by atoms with Gasteiger partial charge in [0.15, 0.2) is 0 Å². The number of rotatable bonds is 1. The van der Waals surface area contributed by atoms with Gasteiger partial charge in [-0.05, 0) is 6.42 Å². The second-order valence-corrected chi connectivity index (χ2v) is 2.42. The summed E-state index contributed by atoms with van der Waals surface area (Å²) in [7, 11) is 0. The monoisotopic (exact) mass is 149 g/mol. The van der Waals surface area contributed by atoms with Crippen molar-refractivity contribution in [2.45, 2.75) is 18.6 Å². The van der Waals surface area contributed by atoms with Gasteiger partial charge in [0.1, 0.15) is 0 Å². The zero-order valence-corrected chi connectivity index (χ0v) is 5.97. The molecule has 1 heterocycles. The van der Waals surface area contributed by atoms with Crippen molar-refractivity contribution < 1.29 is 9.84 Å². The molecule has 0 aromatic heterocycles. The summed E-state index contributed by atoms with van der Waals surface area (Å²) in [5.74, 6) is 0. The molecule has 0 spiro atoms. The highest BCUT2D eigenvalue weighted by molar-refractivity contribution is 7.78. The van der Waals surface area contributed by atoms with E-state index in [9.17, 15) is 0 Å². The van der Waals surface area contributed by atoms with Gasteiger partial charge in [-0.25, -0.2) is 0 Å². The largest absolute Gasteiger partial charge is 0.389 e. The van der Waals surface area contributed by atoms with Gasteiger partial charge in [0.25, 0.3) is 0 Å². The first kappa shape index (κ1) is 7.34. The Hall–Kier alpha value is 0.230. The van der Waals surface area contributed by atoms with Crippen LogP contribution in [0.1, 0.15) is 6.42 Å². The van der Waals surface area contributed by atoms with Crippen molar-refractivity contribution in [1.82, 2.24) is 4.72 Å². The third-order valence-electron chi connectivity index (χ3n) is 1.49. The van der Waals surface area contributed by atoms with Gasteiger partial charge < -0.3 is 9.84 Å². The maximum atomic E-state index is 9.13. The van der Waals surface area contributed by atoms with E-state index in [1.807, 2.05) is 0 Å². The topological polar surface area (TPSA) is 41.5 Å². The van der Waals surface area contributed by atoms with Gasteiger partial charge in [-0.3, -0.25) is 4.72 Å². The summed E-state index contributed by atoms with van der Waals surface area (Å²) in [5.41, 5.74) is 0. The van der Waals surface area contributed by atoms with E-state index >= 15 is 0 Å². The van der Waals surface area contributed by atoms with Crippen LogP contribution in [-0.2, 0) is 4.74 Å². The Kier molecular flexibility index (Phi) is 2.78. The van der Waals surface area contributed by atoms with Crippen LogP contribution in [0.15, 0.2) is 0 Å². The van der Waals surface area contributed by atoms with Crippen molar-refractivity contribution in [2.75, 3.05) is 13.2 Å². The third-order valence-corrected chi connectivity index (χ3v) is 1.82. The van der Waals surface area contributed by atoms with Crippen LogP contribution >= 0.6 is 12.8 Å². The first-order valence-electron chi connectivity index (χ1n) is 3.00. The van der Waals surface area contributed by atoms with E-state index in [1.54, 1.807) is 0 Å². The first-order chi connectivity index (χ1) is 4.34. The number of hydrogen-bond donors (Lipinski definition) is 3. The van der Waals surface area contributed by atoms with E-state index < -0.39 is 6.10 Å². The average Bonchev–Trinajstić information content (AvgIpc) is 1.89. The van der Waals surface area contributed by atoms with Crippen molar-refractivity contribution in [3.63, 3.8) is 0 Å². The number of hydrogen-bond acceptors (Lipinski definition) is 4. The predicted octanol–water partition coefficient (Wildman–Crippen LogP) is -0.429. The summed E-state index contributed by atoms with van der Waals surface area (Å²) >= 11 is 3.86. The van der Waals surface area contributed by atoms with Crippen molar-refractivity contribution >= 4 is 12.8 Å². The summed E-state index contributed by atoms with van der Waals surface area (Å²) in [4.78, 5) is 0. The molecule has 4 heteroatoms. The van der Waals surface area contributed by atoms with Crippen LogP contribution in [0.5, 0.6) is 0 Å². The number of ether oxygens (including phenoxy) is 1. The molecule has 2 unspecified atom stereocenters. The molecule has 2 N–H and O–H groups in total. The van der Waals surface area contributed by atoms with Crippen LogP contribution in [-0.4, -0.2) is 30.5 Å². The summed E-state index contributed by atoms with van der Waals surface area (Å²) < 4.78 is 7.71. The van der Waals surface area contributed by atoms with E-state index in [0.29, 0.717) is 6.61 Å². The second-order valence-electron chi connectivity index (χ2n) is 2.17. The molecule has 2 atom stereocenters. The molecule has 1 fully saturated rings. The zero-order valence-electron chi connectivity index (χ0n) is 5.08. The van der Waals surface area contributed by atoms with Gasteiger partial charge >= 0.3 is 0 Å². The van der Waals surface area contributed by atoms with Crippen molar-refractivity contribution in [2.24, 2.45) is 0 Å². The molecule has 1 saturated heterocycles. The lowest BCUT2D eigenvalue weighted by Gasteiger charge is -2.26.